The molecule has 0 amide bonds. The minimum absolute atomic E-state index is 0.654. The molecule has 0 aliphatic heterocycles. The molecule has 0 aliphatic carbocycles. The van der Waals surface area contributed by atoms with Gasteiger partial charge in [-0.05, 0) is 91.6 Å². The normalized spacial score (nSPS) is 12.0. The molecule has 1 heterocycles. The predicted octanol–water partition coefficient (Wildman–Crippen LogP) is 7.96. The van der Waals surface area contributed by atoms with Gasteiger partial charge in [-0.2, -0.15) is 0 Å². The lowest BCUT2D eigenvalue weighted by atomic mass is 10.2. The number of aryl methyl sites for hydroxylation is 1. The Hall–Kier alpha value is 0.527. The minimum Gasteiger partial charge on any atom is -0.377 e. The topological polar surface area (TPSA) is 40.6 Å². The average Bonchev–Trinajstić information content (AvgIpc) is 3.18. The summed E-state index contributed by atoms with van der Waals surface area (Å²) in [5, 5.41) is 0. The highest BCUT2D eigenvalue weighted by Gasteiger charge is 2.38. The van der Waals surface area contributed by atoms with E-state index in [9.17, 15) is 0 Å². The summed E-state index contributed by atoms with van der Waals surface area (Å²) < 4.78 is 19.2. The largest absolute Gasteiger partial charge is 0.504 e. The van der Waals surface area contributed by atoms with Gasteiger partial charge in [0.15, 0.2) is 4.34 Å². The highest BCUT2D eigenvalue weighted by molar-refractivity contribution is 9.41. The molecular formula is C18H21NO3S7Si. The number of hydrogen-bond acceptors (Lipinski definition) is 11. The first-order valence-corrected chi connectivity index (χ1v) is 18.9. The summed E-state index contributed by atoms with van der Waals surface area (Å²) in [6.45, 7) is 2.10. The summed E-state index contributed by atoms with van der Waals surface area (Å²) in [6, 6.07) is 15.4. The van der Waals surface area contributed by atoms with Gasteiger partial charge in [0, 0.05) is 32.3 Å². The number of thiazole rings is 1. The van der Waals surface area contributed by atoms with E-state index in [4.69, 9.17) is 13.3 Å². The number of hydrogen-bond donors (Lipinski definition) is 0. The van der Waals surface area contributed by atoms with Crippen LogP contribution in [-0.2, 0) is 19.3 Å². The van der Waals surface area contributed by atoms with Crippen LogP contribution in [0.15, 0.2) is 51.7 Å². The van der Waals surface area contributed by atoms with Gasteiger partial charge in [0.2, 0.25) is 0 Å². The summed E-state index contributed by atoms with van der Waals surface area (Å²) in [5.41, 5.74) is 3.49. The van der Waals surface area contributed by atoms with Crippen molar-refractivity contribution in [3.05, 3.63) is 53.6 Å². The van der Waals surface area contributed by atoms with E-state index in [1.165, 1.54) is 20.7 Å². The van der Waals surface area contributed by atoms with Crippen molar-refractivity contribution in [3.63, 3.8) is 0 Å². The lowest BCUT2D eigenvalue weighted by Gasteiger charge is -2.25. The maximum Gasteiger partial charge on any atom is 0.504 e. The fourth-order valence-electron chi connectivity index (χ4n) is 2.63. The number of fused-ring (bicyclic) bond motifs is 1. The minimum atomic E-state index is -2.67. The molecule has 0 saturated heterocycles. The van der Waals surface area contributed by atoms with Crippen molar-refractivity contribution in [1.82, 2.24) is 4.98 Å². The predicted molar refractivity (Wildman–Crippen MR) is 143 cm³/mol. The van der Waals surface area contributed by atoms with Crippen molar-refractivity contribution in [2.24, 2.45) is 0 Å². The van der Waals surface area contributed by atoms with Crippen molar-refractivity contribution < 1.29 is 13.3 Å². The number of rotatable bonds is 12. The van der Waals surface area contributed by atoms with E-state index in [2.05, 4.69) is 48.3 Å². The van der Waals surface area contributed by atoms with Gasteiger partial charge in [-0.1, -0.05) is 29.8 Å². The molecule has 0 spiro atoms. The van der Waals surface area contributed by atoms with Crippen molar-refractivity contribution in [2.75, 3.05) is 21.3 Å². The Labute approximate surface area is 205 Å². The van der Waals surface area contributed by atoms with Crippen molar-refractivity contribution >= 4 is 91.2 Å². The van der Waals surface area contributed by atoms with Gasteiger partial charge in [0.1, 0.15) is 0 Å². The Morgan fingerprint density at radius 1 is 0.900 bits per heavy atom. The lowest BCUT2D eigenvalue weighted by Crippen LogP contribution is -2.45. The molecule has 0 unspecified atom stereocenters. The van der Waals surface area contributed by atoms with Crippen LogP contribution in [-0.4, -0.2) is 35.1 Å². The van der Waals surface area contributed by atoms with Crippen LogP contribution in [0, 0.1) is 6.92 Å². The summed E-state index contributed by atoms with van der Waals surface area (Å²) in [4.78, 5) is 5.86. The zero-order valence-electron chi connectivity index (χ0n) is 16.8. The second-order valence-corrected chi connectivity index (χ2v) is 19.4. The SMILES string of the molecule is CO[Si](Cc1cc(C)ccc1SSSSSSc1nc2ccccc2s1)(OC)OC. The van der Waals surface area contributed by atoms with Gasteiger partial charge in [-0.25, -0.2) is 4.98 Å². The smallest absolute Gasteiger partial charge is 0.377 e. The van der Waals surface area contributed by atoms with E-state index in [0.717, 1.165) is 9.86 Å². The van der Waals surface area contributed by atoms with Crippen LogP contribution in [0.25, 0.3) is 10.2 Å². The van der Waals surface area contributed by atoms with E-state index in [1.807, 2.05) is 6.07 Å². The third kappa shape index (κ3) is 7.01. The number of nitrogens with zero attached hydrogens (tertiary/aromatic N) is 1. The Morgan fingerprint density at radius 3 is 2.30 bits per heavy atom. The standard InChI is InChI=1S/C18H21NO3S7Si/c1-13-9-10-16(14(11-13)12-30(20-2,21-3)22-4)24-26-28-29-27-25-18-19-15-7-5-6-8-17(15)23-18/h5-11H,12H2,1-4H3. The zero-order chi connectivity index (χ0) is 21.4. The number of para-hydroxylation sites is 1. The first-order valence-electron chi connectivity index (χ1n) is 8.71. The number of benzene rings is 2. The molecule has 3 rings (SSSR count). The molecular weight excluding hydrogens is 531 g/mol. The molecule has 1 aromatic heterocycles. The summed E-state index contributed by atoms with van der Waals surface area (Å²) in [7, 11) is 12.8. The van der Waals surface area contributed by atoms with Crippen LogP contribution >= 0.6 is 72.2 Å². The molecule has 12 heteroatoms. The van der Waals surface area contributed by atoms with Gasteiger partial charge in [-0.15, -0.1) is 11.3 Å². The van der Waals surface area contributed by atoms with Crippen LogP contribution < -0.4 is 0 Å². The molecule has 0 aliphatic rings. The van der Waals surface area contributed by atoms with Crippen LogP contribution in [0.1, 0.15) is 11.1 Å². The molecule has 0 N–H and O–H groups in total. The zero-order valence-corrected chi connectivity index (χ0v) is 23.5. The molecule has 0 atom stereocenters. The fourth-order valence-corrected chi connectivity index (χ4v) is 17.1. The maximum absolute atomic E-state index is 5.61. The highest BCUT2D eigenvalue weighted by atomic mass is 33.9. The maximum atomic E-state index is 5.61. The summed E-state index contributed by atoms with van der Waals surface area (Å²) in [5.74, 6) is 0. The van der Waals surface area contributed by atoms with Gasteiger partial charge < -0.3 is 13.3 Å². The van der Waals surface area contributed by atoms with E-state index in [1.54, 1.807) is 93.6 Å². The lowest BCUT2D eigenvalue weighted by molar-refractivity contribution is 0.122. The molecule has 0 radical (unpaired) electrons. The third-order valence-electron chi connectivity index (χ3n) is 4.14. The Balaban J connectivity index is 1.48. The van der Waals surface area contributed by atoms with Gasteiger partial charge in [0.25, 0.3) is 0 Å². The van der Waals surface area contributed by atoms with Crippen LogP contribution in [0.3, 0.4) is 0 Å². The van der Waals surface area contributed by atoms with Crippen LogP contribution in [0.2, 0.25) is 0 Å². The van der Waals surface area contributed by atoms with Gasteiger partial charge in [0.05, 0.1) is 10.2 Å². The van der Waals surface area contributed by atoms with Crippen LogP contribution in [0.5, 0.6) is 0 Å². The second kappa shape index (κ2) is 12.7. The molecule has 162 valence electrons. The monoisotopic (exact) mass is 551 g/mol. The molecule has 0 fully saturated rings. The molecule has 0 saturated carbocycles. The first kappa shape index (κ1) is 25.2. The summed E-state index contributed by atoms with van der Waals surface area (Å²) >= 11 is 1.74. The van der Waals surface area contributed by atoms with Crippen molar-refractivity contribution in [2.45, 2.75) is 22.2 Å². The van der Waals surface area contributed by atoms with Crippen molar-refractivity contribution in [1.29, 1.82) is 0 Å². The summed E-state index contributed by atoms with van der Waals surface area (Å²) in [6.07, 6.45) is 0. The third-order valence-corrected chi connectivity index (χ3v) is 18.7. The molecule has 4 nitrogen and oxygen atoms in total. The van der Waals surface area contributed by atoms with Crippen molar-refractivity contribution in [3.8, 4) is 0 Å². The van der Waals surface area contributed by atoms with Gasteiger partial charge in [-0.3, -0.25) is 0 Å². The molecule has 0 bridgehead atoms. The van der Waals surface area contributed by atoms with E-state index in [0.29, 0.717) is 6.04 Å². The first-order chi connectivity index (χ1) is 14.6. The highest BCUT2D eigenvalue weighted by Crippen LogP contribution is 2.56. The molecule has 3 aromatic rings. The quantitative estimate of drug-likeness (QED) is 0.126. The van der Waals surface area contributed by atoms with E-state index >= 15 is 0 Å². The molecule has 30 heavy (non-hydrogen) atoms. The Bertz CT molecular complexity index is 913. The second-order valence-electron chi connectivity index (χ2n) is 5.97. The molecule has 2 aromatic carbocycles. The Morgan fingerprint density at radius 2 is 1.60 bits per heavy atom. The fraction of sp³-hybridized carbons (Fsp3) is 0.278. The Kier molecular flexibility index (Phi) is 10.6. The van der Waals surface area contributed by atoms with E-state index < -0.39 is 8.80 Å². The van der Waals surface area contributed by atoms with Gasteiger partial charge >= 0.3 is 8.80 Å². The number of aromatic nitrogens is 1. The average molecular weight is 552 g/mol. The van der Waals surface area contributed by atoms with Crippen LogP contribution in [0.4, 0.5) is 0 Å². The van der Waals surface area contributed by atoms with E-state index in [-0.39, 0.29) is 0 Å².